The second kappa shape index (κ2) is 9.33. The first-order valence-electron chi connectivity index (χ1n) is 9.19. The van der Waals surface area contributed by atoms with Crippen LogP contribution in [0.3, 0.4) is 0 Å². The van der Waals surface area contributed by atoms with E-state index in [2.05, 4.69) is 5.32 Å². The molecular formula is C23H21ClN2O4. The second-order valence-corrected chi connectivity index (χ2v) is 7.17. The van der Waals surface area contributed by atoms with Gasteiger partial charge in [-0.05, 0) is 47.0 Å². The van der Waals surface area contributed by atoms with Gasteiger partial charge in [0.15, 0.2) is 0 Å². The Morgan fingerprint density at radius 3 is 2.47 bits per heavy atom. The molecular weight excluding hydrogens is 404 g/mol. The van der Waals surface area contributed by atoms with E-state index in [0.717, 1.165) is 16.7 Å². The lowest BCUT2D eigenvalue weighted by Crippen LogP contribution is -2.43. The van der Waals surface area contributed by atoms with E-state index in [1.165, 1.54) is 19.2 Å². The number of anilines is 1. The molecule has 0 radical (unpaired) electrons. The zero-order chi connectivity index (χ0) is 21.7. The number of halogens is 1. The number of ether oxygens (including phenoxy) is 1. The Kier molecular flexibility index (Phi) is 6.59. The minimum atomic E-state index is -0.896. The van der Waals surface area contributed by atoms with E-state index in [1.54, 1.807) is 24.3 Å². The minimum Gasteiger partial charge on any atom is -0.508 e. The van der Waals surface area contributed by atoms with Gasteiger partial charge in [-0.25, -0.2) is 4.79 Å². The number of carbonyl (C=O) groups is 2. The summed E-state index contributed by atoms with van der Waals surface area (Å²) in [5.41, 5.74) is 8.92. The van der Waals surface area contributed by atoms with Gasteiger partial charge in [-0.1, -0.05) is 48.0 Å². The number of hydrogen-bond donors (Lipinski definition) is 3. The predicted octanol–water partition coefficient (Wildman–Crippen LogP) is 3.81. The fourth-order valence-corrected chi connectivity index (χ4v) is 3.22. The number of carbonyl (C=O) groups excluding carboxylic acids is 2. The summed E-state index contributed by atoms with van der Waals surface area (Å²) in [5, 5.41) is 12.7. The fourth-order valence-electron chi connectivity index (χ4n) is 3.05. The SMILES string of the molecule is COC(=O)[C@H](Cc1ccc(-c2cccc(O)c2)cc1)NC(=O)c1cc(Cl)ccc1N. The third-order valence-electron chi connectivity index (χ3n) is 4.62. The number of nitrogens with two attached hydrogens (primary N) is 1. The van der Waals surface area contributed by atoms with Crippen LogP contribution in [0.1, 0.15) is 15.9 Å². The third-order valence-corrected chi connectivity index (χ3v) is 4.86. The predicted molar refractivity (Wildman–Crippen MR) is 116 cm³/mol. The summed E-state index contributed by atoms with van der Waals surface area (Å²) in [6.07, 6.45) is 0.235. The first-order valence-corrected chi connectivity index (χ1v) is 9.57. The molecule has 0 aliphatic rings. The monoisotopic (exact) mass is 424 g/mol. The molecule has 0 spiro atoms. The second-order valence-electron chi connectivity index (χ2n) is 6.73. The van der Waals surface area contributed by atoms with Crippen LogP contribution >= 0.6 is 11.6 Å². The van der Waals surface area contributed by atoms with Crippen LogP contribution in [0.4, 0.5) is 5.69 Å². The number of aromatic hydroxyl groups is 1. The fraction of sp³-hybridized carbons (Fsp3) is 0.130. The van der Waals surface area contributed by atoms with Crippen molar-refractivity contribution in [3.8, 4) is 16.9 Å². The molecule has 0 heterocycles. The molecule has 0 unspecified atom stereocenters. The molecule has 1 amide bonds. The summed E-state index contributed by atoms with van der Waals surface area (Å²) < 4.78 is 4.84. The van der Waals surface area contributed by atoms with Crippen molar-refractivity contribution in [1.82, 2.24) is 5.32 Å². The van der Waals surface area contributed by atoms with E-state index in [0.29, 0.717) is 5.02 Å². The van der Waals surface area contributed by atoms with Crippen LogP contribution < -0.4 is 11.1 Å². The van der Waals surface area contributed by atoms with Gasteiger partial charge in [0.25, 0.3) is 5.91 Å². The van der Waals surface area contributed by atoms with Crippen LogP contribution in [0.2, 0.25) is 5.02 Å². The summed E-state index contributed by atoms with van der Waals surface area (Å²) in [6.45, 7) is 0. The van der Waals surface area contributed by atoms with E-state index in [4.69, 9.17) is 22.1 Å². The van der Waals surface area contributed by atoms with Crippen molar-refractivity contribution in [2.45, 2.75) is 12.5 Å². The smallest absolute Gasteiger partial charge is 0.328 e. The molecule has 0 fully saturated rings. The maximum Gasteiger partial charge on any atom is 0.328 e. The van der Waals surface area contributed by atoms with Crippen molar-refractivity contribution in [1.29, 1.82) is 0 Å². The minimum absolute atomic E-state index is 0.185. The lowest BCUT2D eigenvalue weighted by Gasteiger charge is -2.17. The Morgan fingerprint density at radius 1 is 1.07 bits per heavy atom. The van der Waals surface area contributed by atoms with Crippen molar-refractivity contribution in [2.75, 3.05) is 12.8 Å². The van der Waals surface area contributed by atoms with Gasteiger partial charge in [-0.3, -0.25) is 4.79 Å². The van der Waals surface area contributed by atoms with Crippen molar-refractivity contribution in [3.05, 3.63) is 82.9 Å². The van der Waals surface area contributed by atoms with Crippen LogP contribution in [0.5, 0.6) is 5.75 Å². The molecule has 3 aromatic rings. The van der Waals surface area contributed by atoms with E-state index < -0.39 is 17.9 Å². The van der Waals surface area contributed by atoms with E-state index in [-0.39, 0.29) is 23.4 Å². The quantitative estimate of drug-likeness (QED) is 0.412. The van der Waals surface area contributed by atoms with Crippen molar-refractivity contribution in [3.63, 3.8) is 0 Å². The Labute approximate surface area is 179 Å². The number of methoxy groups -OCH3 is 1. The van der Waals surface area contributed by atoms with Crippen molar-refractivity contribution >= 4 is 29.2 Å². The molecule has 0 bridgehead atoms. The Balaban J connectivity index is 1.77. The normalized spacial score (nSPS) is 11.5. The number of phenols is 1. The lowest BCUT2D eigenvalue weighted by molar-refractivity contribution is -0.142. The molecule has 3 aromatic carbocycles. The molecule has 30 heavy (non-hydrogen) atoms. The number of rotatable bonds is 6. The number of nitrogens with one attached hydrogen (secondary N) is 1. The van der Waals surface area contributed by atoms with E-state index in [1.807, 2.05) is 30.3 Å². The number of nitrogen functional groups attached to an aromatic ring is 1. The molecule has 154 valence electrons. The van der Waals surface area contributed by atoms with Gasteiger partial charge < -0.3 is 20.9 Å². The molecule has 6 nitrogen and oxygen atoms in total. The maximum atomic E-state index is 12.6. The van der Waals surface area contributed by atoms with Gasteiger partial charge >= 0.3 is 5.97 Å². The summed E-state index contributed by atoms with van der Waals surface area (Å²) in [7, 11) is 1.26. The number of amides is 1. The van der Waals surface area contributed by atoms with Crippen LogP contribution in [0.25, 0.3) is 11.1 Å². The van der Waals surface area contributed by atoms with Crippen LogP contribution in [-0.4, -0.2) is 30.1 Å². The highest BCUT2D eigenvalue weighted by Gasteiger charge is 2.23. The van der Waals surface area contributed by atoms with Gasteiger partial charge in [0.1, 0.15) is 11.8 Å². The summed E-state index contributed by atoms with van der Waals surface area (Å²) >= 11 is 5.95. The van der Waals surface area contributed by atoms with Gasteiger partial charge in [0.05, 0.1) is 12.7 Å². The van der Waals surface area contributed by atoms with Crippen molar-refractivity contribution in [2.24, 2.45) is 0 Å². The number of phenolic OH excluding ortho intramolecular Hbond substituents is 1. The molecule has 0 saturated carbocycles. The number of benzene rings is 3. The van der Waals surface area contributed by atoms with Gasteiger partial charge in [-0.2, -0.15) is 0 Å². The standard InChI is InChI=1S/C23H21ClN2O4/c1-30-23(29)21(26-22(28)19-13-17(24)9-10-20(19)25)11-14-5-7-15(8-6-14)16-3-2-4-18(27)12-16/h2-10,12-13,21,27H,11,25H2,1H3,(H,26,28)/t21-/m0/s1. The molecule has 1 atom stereocenters. The van der Waals surface area contributed by atoms with E-state index in [9.17, 15) is 14.7 Å². The molecule has 7 heteroatoms. The molecule has 0 aliphatic heterocycles. The van der Waals surface area contributed by atoms with E-state index >= 15 is 0 Å². The summed E-state index contributed by atoms with van der Waals surface area (Å²) in [4.78, 5) is 24.9. The van der Waals surface area contributed by atoms with Gasteiger partial charge in [-0.15, -0.1) is 0 Å². The Morgan fingerprint density at radius 2 is 1.80 bits per heavy atom. The highest BCUT2D eigenvalue weighted by atomic mass is 35.5. The lowest BCUT2D eigenvalue weighted by atomic mass is 10.00. The van der Waals surface area contributed by atoms with Gasteiger partial charge in [0.2, 0.25) is 0 Å². The first-order chi connectivity index (χ1) is 14.4. The highest BCUT2D eigenvalue weighted by molar-refractivity contribution is 6.31. The highest BCUT2D eigenvalue weighted by Crippen LogP contribution is 2.24. The average Bonchev–Trinajstić information content (AvgIpc) is 2.74. The molecule has 0 saturated heterocycles. The van der Waals surface area contributed by atoms with Crippen LogP contribution in [-0.2, 0) is 16.0 Å². The molecule has 0 aromatic heterocycles. The summed E-state index contributed by atoms with van der Waals surface area (Å²) in [5.74, 6) is -0.895. The van der Waals surface area contributed by atoms with Crippen LogP contribution in [0, 0.1) is 0 Å². The zero-order valence-corrected chi connectivity index (χ0v) is 17.0. The zero-order valence-electron chi connectivity index (χ0n) is 16.3. The topological polar surface area (TPSA) is 102 Å². The maximum absolute atomic E-state index is 12.6. The Hall–Kier alpha value is -3.51. The molecule has 3 rings (SSSR count). The molecule has 0 aliphatic carbocycles. The van der Waals surface area contributed by atoms with Crippen LogP contribution in [0.15, 0.2) is 66.7 Å². The largest absolute Gasteiger partial charge is 0.508 e. The number of hydrogen-bond acceptors (Lipinski definition) is 5. The van der Waals surface area contributed by atoms with Gasteiger partial charge in [0, 0.05) is 17.1 Å². The molecule has 4 N–H and O–H groups in total. The van der Waals surface area contributed by atoms with Crippen molar-refractivity contribution < 1.29 is 19.4 Å². The summed E-state index contributed by atoms with van der Waals surface area (Å²) in [6, 6.07) is 18.1. The third kappa shape index (κ3) is 5.10. The number of esters is 1. The first kappa shape index (κ1) is 21.2. The average molecular weight is 425 g/mol. The Bertz CT molecular complexity index is 1070.